The molecule has 1 unspecified atom stereocenters. The third kappa shape index (κ3) is 5.36. The van der Waals surface area contributed by atoms with E-state index in [1.807, 2.05) is 6.92 Å². The molecule has 3 nitrogen and oxygen atoms in total. The van der Waals surface area contributed by atoms with Gasteiger partial charge in [0.2, 0.25) is 5.89 Å². The van der Waals surface area contributed by atoms with E-state index in [0.29, 0.717) is 16.2 Å². The van der Waals surface area contributed by atoms with Gasteiger partial charge in [0.25, 0.3) is 0 Å². The molecular formula is C17H11F6NO2S3. The van der Waals surface area contributed by atoms with E-state index >= 15 is 0 Å². The fourth-order valence-corrected chi connectivity index (χ4v) is 4.59. The molecule has 0 amide bonds. The number of benzene rings is 2. The molecule has 1 atom stereocenters. The minimum Gasteiger partial charge on any atom is -0.604 e. The Morgan fingerprint density at radius 3 is 2.41 bits per heavy atom. The number of hydrogen-bond donors (Lipinski definition) is 0. The highest BCUT2D eigenvalue weighted by molar-refractivity contribution is 8.00. The predicted molar refractivity (Wildman–Crippen MR) is 100 cm³/mol. The van der Waals surface area contributed by atoms with Crippen molar-refractivity contribution in [2.45, 2.75) is 32.6 Å². The molecule has 0 radical (unpaired) electrons. The Morgan fingerprint density at radius 1 is 1.07 bits per heavy atom. The first kappa shape index (κ1) is 22.2. The van der Waals surface area contributed by atoms with Crippen LogP contribution in [0.4, 0.5) is 26.3 Å². The molecule has 29 heavy (non-hydrogen) atoms. The molecule has 0 bridgehead atoms. The molecule has 1 aromatic heterocycles. The third-order valence-electron chi connectivity index (χ3n) is 3.50. The maximum absolute atomic E-state index is 12.7. The van der Waals surface area contributed by atoms with Crippen molar-refractivity contribution in [3.8, 4) is 11.5 Å². The molecule has 3 aromatic rings. The zero-order chi connectivity index (χ0) is 21.4. The van der Waals surface area contributed by atoms with Gasteiger partial charge in [-0.1, -0.05) is 6.92 Å². The summed E-state index contributed by atoms with van der Waals surface area (Å²) in [4.78, 5) is 4.17. The molecule has 0 aliphatic heterocycles. The molecule has 0 saturated heterocycles. The van der Waals surface area contributed by atoms with Crippen molar-refractivity contribution in [1.29, 1.82) is 0 Å². The van der Waals surface area contributed by atoms with Crippen LogP contribution in [0.15, 0.2) is 55.5 Å². The molecule has 0 N–H and O–H groups in total. The number of fused-ring (bicyclic) bond motifs is 1. The molecular weight excluding hydrogens is 460 g/mol. The first-order chi connectivity index (χ1) is 13.5. The van der Waals surface area contributed by atoms with E-state index in [1.165, 1.54) is 36.0 Å². The van der Waals surface area contributed by atoms with E-state index in [9.17, 15) is 30.9 Å². The van der Waals surface area contributed by atoms with Crippen LogP contribution in [-0.4, -0.2) is 26.3 Å². The lowest BCUT2D eigenvalue weighted by atomic mass is 10.2. The van der Waals surface area contributed by atoms with Gasteiger partial charge in [0.1, 0.15) is 5.52 Å². The first-order valence-electron chi connectivity index (χ1n) is 7.90. The predicted octanol–water partition coefficient (Wildman–Crippen LogP) is 6.85. The van der Waals surface area contributed by atoms with Gasteiger partial charge in [0.05, 0.1) is 16.7 Å². The zero-order valence-electron chi connectivity index (χ0n) is 14.4. The second kappa shape index (κ2) is 8.32. The van der Waals surface area contributed by atoms with E-state index in [1.54, 1.807) is 0 Å². The maximum Gasteiger partial charge on any atom is 0.578 e. The monoisotopic (exact) mass is 471 g/mol. The van der Waals surface area contributed by atoms with E-state index < -0.39 is 27.1 Å². The van der Waals surface area contributed by atoms with Crippen molar-refractivity contribution in [2.75, 3.05) is 5.75 Å². The van der Waals surface area contributed by atoms with Crippen molar-refractivity contribution in [3.05, 3.63) is 36.4 Å². The summed E-state index contributed by atoms with van der Waals surface area (Å²) in [7, 11) is 0. The Balaban J connectivity index is 2.01. The molecule has 3 rings (SSSR count). The van der Waals surface area contributed by atoms with Gasteiger partial charge in [-0.15, -0.1) is 24.9 Å². The molecule has 0 aliphatic rings. The van der Waals surface area contributed by atoms with E-state index in [-0.39, 0.29) is 33.6 Å². The number of aromatic nitrogens is 1. The summed E-state index contributed by atoms with van der Waals surface area (Å²) in [6, 6.07) is 7.34. The van der Waals surface area contributed by atoms with Crippen LogP contribution in [0.3, 0.4) is 0 Å². The quantitative estimate of drug-likeness (QED) is 0.232. The van der Waals surface area contributed by atoms with Crippen LogP contribution in [0.25, 0.3) is 22.6 Å². The highest BCUT2D eigenvalue weighted by Gasteiger charge is 2.46. The second-order valence-corrected chi connectivity index (χ2v) is 9.42. The number of rotatable bonds is 5. The number of halogens is 6. The summed E-state index contributed by atoms with van der Waals surface area (Å²) in [6.45, 7) is 1.82. The highest BCUT2D eigenvalue weighted by atomic mass is 32.2. The molecule has 0 spiro atoms. The number of alkyl halides is 6. The average molecular weight is 471 g/mol. The SMILES string of the molecule is CCSc1cc(SC(F)(F)F)ccc1-c1nc2cc([S+]([O-])C(F)(F)F)ccc2o1. The van der Waals surface area contributed by atoms with Gasteiger partial charge < -0.3 is 8.97 Å². The summed E-state index contributed by atoms with van der Waals surface area (Å²) in [5, 5.41) is 0. The zero-order valence-corrected chi connectivity index (χ0v) is 16.9. The van der Waals surface area contributed by atoms with Crippen LogP contribution in [0.5, 0.6) is 0 Å². The van der Waals surface area contributed by atoms with Crippen molar-refractivity contribution < 1.29 is 35.3 Å². The van der Waals surface area contributed by atoms with Crippen molar-refractivity contribution in [1.82, 2.24) is 4.98 Å². The number of hydrogen-bond acceptors (Lipinski definition) is 5. The van der Waals surface area contributed by atoms with Crippen LogP contribution in [0, 0.1) is 0 Å². The standard InChI is InChI=1S/C17H11F6NO2S3/c1-2-27-14-7-9(28-16(18,19)20)3-5-11(14)15-24-12-8-10(4-6-13(12)26-15)29(25)17(21,22)23/h3-8H,2H2,1H3. The van der Waals surface area contributed by atoms with E-state index in [4.69, 9.17) is 4.42 Å². The lowest BCUT2D eigenvalue weighted by molar-refractivity contribution is -0.0435. The lowest BCUT2D eigenvalue weighted by Crippen LogP contribution is -2.23. The highest BCUT2D eigenvalue weighted by Crippen LogP contribution is 2.41. The largest absolute Gasteiger partial charge is 0.604 e. The molecule has 12 heteroatoms. The lowest BCUT2D eigenvalue weighted by Gasteiger charge is -2.11. The van der Waals surface area contributed by atoms with Crippen molar-refractivity contribution in [3.63, 3.8) is 0 Å². The Labute approximate surface area is 172 Å². The van der Waals surface area contributed by atoms with Gasteiger partial charge in [0, 0.05) is 15.9 Å². The molecule has 0 saturated carbocycles. The normalized spacial score (nSPS) is 13.8. The summed E-state index contributed by atoms with van der Waals surface area (Å²) in [6.07, 6.45) is 0. The Morgan fingerprint density at radius 2 is 1.79 bits per heavy atom. The van der Waals surface area contributed by atoms with E-state index in [2.05, 4.69) is 4.98 Å². The second-order valence-electron chi connectivity index (χ2n) is 5.50. The Bertz CT molecular complexity index is 1020. The van der Waals surface area contributed by atoms with Gasteiger partial charge in [-0.25, -0.2) is 4.98 Å². The Kier molecular flexibility index (Phi) is 6.37. The summed E-state index contributed by atoms with van der Waals surface area (Å²) >= 11 is -2.17. The molecule has 156 valence electrons. The van der Waals surface area contributed by atoms with Crippen LogP contribution >= 0.6 is 23.5 Å². The molecule has 0 aliphatic carbocycles. The molecule has 2 aromatic carbocycles. The first-order valence-corrected chi connectivity index (χ1v) is 10.9. The third-order valence-corrected chi connectivity index (χ3v) is 6.26. The molecule has 1 heterocycles. The van der Waals surface area contributed by atoms with Crippen LogP contribution in [0.1, 0.15) is 6.92 Å². The maximum atomic E-state index is 12.7. The smallest absolute Gasteiger partial charge is 0.578 e. The van der Waals surface area contributed by atoms with Gasteiger partial charge >= 0.3 is 11.0 Å². The van der Waals surface area contributed by atoms with Crippen LogP contribution in [-0.2, 0) is 11.2 Å². The van der Waals surface area contributed by atoms with Crippen molar-refractivity contribution >= 4 is 45.8 Å². The van der Waals surface area contributed by atoms with Crippen molar-refractivity contribution in [2.24, 2.45) is 0 Å². The fraction of sp³-hybridized carbons (Fsp3) is 0.235. The topological polar surface area (TPSA) is 49.1 Å². The summed E-state index contributed by atoms with van der Waals surface area (Å²) < 4.78 is 93.0. The van der Waals surface area contributed by atoms with E-state index in [0.717, 1.165) is 12.1 Å². The van der Waals surface area contributed by atoms with Crippen LogP contribution < -0.4 is 0 Å². The number of thioether (sulfide) groups is 2. The number of oxazole rings is 1. The van der Waals surface area contributed by atoms with Gasteiger partial charge in [-0.2, -0.15) is 13.2 Å². The molecule has 0 fully saturated rings. The summed E-state index contributed by atoms with van der Waals surface area (Å²) in [5.74, 6) is 0.622. The van der Waals surface area contributed by atoms with Gasteiger partial charge in [-0.3, -0.25) is 0 Å². The minimum atomic E-state index is -4.91. The average Bonchev–Trinajstić information content (AvgIpc) is 3.02. The summed E-state index contributed by atoms with van der Waals surface area (Å²) in [5.41, 5.74) is -8.69. The number of nitrogens with zero attached hydrogens (tertiary/aromatic N) is 1. The fourth-order valence-electron chi connectivity index (χ4n) is 2.42. The van der Waals surface area contributed by atoms with Gasteiger partial charge in [0.15, 0.2) is 10.5 Å². The van der Waals surface area contributed by atoms with Gasteiger partial charge in [-0.05, 0) is 47.8 Å². The van der Waals surface area contributed by atoms with Crippen LogP contribution in [0.2, 0.25) is 0 Å². The minimum absolute atomic E-state index is 0.00355. The Hall–Kier alpha value is -1.50.